The number of anilines is 4. The predicted octanol–water partition coefficient (Wildman–Crippen LogP) is 5.54. The van der Waals surface area contributed by atoms with Crippen molar-refractivity contribution in [3.63, 3.8) is 0 Å². The quantitative estimate of drug-likeness (QED) is 0.266. The topological polar surface area (TPSA) is 58.4 Å². The summed E-state index contributed by atoms with van der Waals surface area (Å²) in [6, 6.07) is 28.6. The van der Waals surface area contributed by atoms with Crippen molar-refractivity contribution in [1.82, 2.24) is 19.5 Å². The third-order valence-electron chi connectivity index (χ3n) is 7.10. The molecule has 0 atom stereocenters. The molecule has 0 unspecified atom stereocenters. The number of methoxy groups -OCH3 is 1. The Balaban J connectivity index is 1.44. The predicted molar refractivity (Wildman–Crippen MR) is 155 cm³/mol. The first-order chi connectivity index (χ1) is 19.2. The van der Waals surface area contributed by atoms with Crippen molar-refractivity contribution >= 4 is 28.5 Å². The lowest BCUT2D eigenvalue weighted by molar-refractivity contribution is 0.306. The molecule has 1 fully saturated rings. The molecule has 0 spiro atoms. The van der Waals surface area contributed by atoms with Gasteiger partial charge in [-0.05, 0) is 49.0 Å². The molecule has 8 heteroatoms. The average molecular weight is 521 g/mol. The number of rotatable bonds is 8. The van der Waals surface area contributed by atoms with E-state index in [0.29, 0.717) is 6.61 Å². The van der Waals surface area contributed by atoms with Crippen molar-refractivity contribution in [2.75, 3.05) is 50.1 Å². The summed E-state index contributed by atoms with van der Waals surface area (Å²) in [4.78, 5) is 11.4. The van der Waals surface area contributed by atoms with Crippen LogP contribution in [0.15, 0.2) is 97.3 Å². The Labute approximate surface area is 228 Å². The molecule has 39 heavy (non-hydrogen) atoms. The molecule has 0 amide bonds. The molecule has 0 bridgehead atoms. The molecule has 0 N–H and O–H groups in total. The van der Waals surface area contributed by atoms with E-state index in [0.717, 1.165) is 71.8 Å². The first-order valence-corrected chi connectivity index (χ1v) is 13.2. The van der Waals surface area contributed by atoms with Crippen LogP contribution in [0, 0.1) is 0 Å². The minimum Gasteiger partial charge on any atom is -0.495 e. The smallest absolute Gasteiger partial charge is 0.157 e. The molecule has 1 aliphatic heterocycles. The van der Waals surface area contributed by atoms with Crippen LogP contribution in [0.2, 0.25) is 0 Å². The third kappa shape index (κ3) is 5.24. The largest absolute Gasteiger partial charge is 0.495 e. The first-order valence-electron chi connectivity index (χ1n) is 13.2. The first kappa shape index (κ1) is 24.8. The Morgan fingerprint density at radius 3 is 2.51 bits per heavy atom. The highest BCUT2D eigenvalue weighted by Crippen LogP contribution is 2.43. The Kier molecular flexibility index (Phi) is 7.01. The highest BCUT2D eigenvalue weighted by atomic mass is 16.5. The molecule has 0 radical (unpaired) electrons. The number of likely N-dealkylation sites (N-methyl/N-ethyl adjacent to an activating group) is 1. The minimum atomic E-state index is 0.491. The van der Waals surface area contributed by atoms with Crippen LogP contribution in [0.1, 0.15) is 5.56 Å². The van der Waals surface area contributed by atoms with Crippen LogP contribution in [-0.2, 0) is 6.61 Å². The van der Waals surface area contributed by atoms with E-state index in [9.17, 15) is 0 Å². The SMILES string of the molecule is COc1ccc(N2CCN(C)CC2)cc1N(c1cccc(OCc2ccccc2)c1)c1ccnc2ccnn12. The molecule has 0 aliphatic carbocycles. The molecule has 198 valence electrons. The highest BCUT2D eigenvalue weighted by molar-refractivity contribution is 5.82. The Morgan fingerprint density at radius 1 is 0.846 bits per heavy atom. The van der Waals surface area contributed by atoms with Gasteiger partial charge in [-0.15, -0.1) is 0 Å². The molecule has 1 aliphatic rings. The van der Waals surface area contributed by atoms with Gasteiger partial charge in [0.15, 0.2) is 5.65 Å². The van der Waals surface area contributed by atoms with E-state index >= 15 is 0 Å². The molecule has 0 saturated carbocycles. The van der Waals surface area contributed by atoms with Crippen molar-refractivity contribution in [2.45, 2.75) is 6.61 Å². The van der Waals surface area contributed by atoms with Gasteiger partial charge in [0.1, 0.15) is 23.9 Å². The summed E-state index contributed by atoms with van der Waals surface area (Å²) in [7, 11) is 3.88. The van der Waals surface area contributed by atoms with Crippen molar-refractivity contribution in [3.8, 4) is 11.5 Å². The van der Waals surface area contributed by atoms with Gasteiger partial charge in [-0.25, -0.2) is 4.98 Å². The molecule has 8 nitrogen and oxygen atoms in total. The second-order valence-electron chi connectivity index (χ2n) is 9.66. The number of hydrogen-bond donors (Lipinski definition) is 0. The normalized spacial score (nSPS) is 13.9. The van der Waals surface area contributed by atoms with Gasteiger partial charge in [-0.2, -0.15) is 9.61 Å². The van der Waals surface area contributed by atoms with Gasteiger partial charge >= 0.3 is 0 Å². The lowest BCUT2D eigenvalue weighted by Gasteiger charge is -2.35. The zero-order valence-electron chi connectivity index (χ0n) is 22.3. The summed E-state index contributed by atoms with van der Waals surface area (Å²) in [5, 5.41) is 4.59. The third-order valence-corrected chi connectivity index (χ3v) is 7.10. The molecular weight excluding hydrogens is 488 g/mol. The molecule has 5 aromatic rings. The van der Waals surface area contributed by atoms with Gasteiger partial charge in [-0.3, -0.25) is 4.90 Å². The number of benzene rings is 3. The van der Waals surface area contributed by atoms with Gasteiger partial charge in [0.2, 0.25) is 0 Å². The van der Waals surface area contributed by atoms with E-state index in [1.807, 2.05) is 59.2 Å². The average Bonchev–Trinajstić information content (AvgIpc) is 3.47. The van der Waals surface area contributed by atoms with Gasteiger partial charge < -0.3 is 19.3 Å². The van der Waals surface area contributed by atoms with E-state index in [-0.39, 0.29) is 0 Å². The standard InChI is InChI=1S/C31H32N6O2/c1-34-17-19-35(20-18-34)25-11-12-29(38-2)28(22-25)36(31-14-15-32-30-13-16-33-37(30)31)26-9-6-10-27(21-26)39-23-24-7-4-3-5-8-24/h3-16,21-22H,17-20,23H2,1-2H3. The highest BCUT2D eigenvalue weighted by Gasteiger charge is 2.23. The second kappa shape index (κ2) is 11.0. The summed E-state index contributed by atoms with van der Waals surface area (Å²) in [6.45, 7) is 4.51. The van der Waals surface area contributed by atoms with Crippen LogP contribution in [-0.4, -0.2) is 59.8 Å². The van der Waals surface area contributed by atoms with Crippen molar-refractivity contribution in [2.24, 2.45) is 0 Å². The maximum atomic E-state index is 6.21. The van der Waals surface area contributed by atoms with Crippen LogP contribution in [0.3, 0.4) is 0 Å². The Bertz CT molecular complexity index is 1550. The van der Waals surface area contributed by atoms with Gasteiger partial charge in [0.05, 0.1) is 24.7 Å². The molecule has 3 aromatic carbocycles. The van der Waals surface area contributed by atoms with E-state index in [1.165, 1.54) is 0 Å². The van der Waals surface area contributed by atoms with Crippen LogP contribution in [0.5, 0.6) is 11.5 Å². The number of hydrogen-bond acceptors (Lipinski definition) is 7. The number of ether oxygens (including phenoxy) is 2. The zero-order valence-corrected chi connectivity index (χ0v) is 22.3. The molecule has 1 saturated heterocycles. The fourth-order valence-electron chi connectivity index (χ4n) is 4.95. The molecule has 6 rings (SSSR count). The Morgan fingerprint density at radius 2 is 1.69 bits per heavy atom. The second-order valence-corrected chi connectivity index (χ2v) is 9.66. The molecule has 3 heterocycles. The van der Waals surface area contributed by atoms with E-state index in [1.54, 1.807) is 13.3 Å². The Hall–Kier alpha value is -4.56. The summed E-state index contributed by atoms with van der Waals surface area (Å²) in [5.74, 6) is 2.39. The summed E-state index contributed by atoms with van der Waals surface area (Å²) in [5.41, 5.74) is 4.89. The minimum absolute atomic E-state index is 0.491. The molecular formula is C31H32N6O2. The number of fused-ring (bicyclic) bond motifs is 1. The van der Waals surface area contributed by atoms with Crippen molar-refractivity contribution < 1.29 is 9.47 Å². The van der Waals surface area contributed by atoms with Crippen molar-refractivity contribution in [1.29, 1.82) is 0 Å². The van der Waals surface area contributed by atoms with E-state index in [2.05, 4.69) is 68.2 Å². The molecule has 2 aromatic heterocycles. The van der Waals surface area contributed by atoms with E-state index < -0.39 is 0 Å². The number of nitrogens with zero attached hydrogens (tertiary/aromatic N) is 6. The fraction of sp³-hybridized carbons (Fsp3) is 0.226. The summed E-state index contributed by atoms with van der Waals surface area (Å²) < 4.78 is 14.0. The van der Waals surface area contributed by atoms with Crippen molar-refractivity contribution in [3.05, 3.63) is 103 Å². The number of piperazine rings is 1. The maximum absolute atomic E-state index is 6.21. The van der Waals surface area contributed by atoms with E-state index in [4.69, 9.17) is 9.47 Å². The van der Waals surface area contributed by atoms with Crippen LogP contribution < -0.4 is 19.3 Å². The maximum Gasteiger partial charge on any atom is 0.157 e. The number of aromatic nitrogens is 3. The summed E-state index contributed by atoms with van der Waals surface area (Å²) in [6.07, 6.45) is 3.58. The summed E-state index contributed by atoms with van der Waals surface area (Å²) >= 11 is 0. The van der Waals surface area contributed by atoms with Crippen LogP contribution >= 0.6 is 0 Å². The lowest BCUT2D eigenvalue weighted by Crippen LogP contribution is -2.44. The van der Waals surface area contributed by atoms with Crippen LogP contribution in [0.4, 0.5) is 22.9 Å². The van der Waals surface area contributed by atoms with Gasteiger partial charge in [0, 0.05) is 50.2 Å². The van der Waals surface area contributed by atoms with Gasteiger partial charge in [0.25, 0.3) is 0 Å². The van der Waals surface area contributed by atoms with Crippen LogP contribution in [0.25, 0.3) is 5.65 Å². The monoisotopic (exact) mass is 520 g/mol. The fourth-order valence-corrected chi connectivity index (χ4v) is 4.95. The zero-order chi connectivity index (χ0) is 26.6. The van der Waals surface area contributed by atoms with Gasteiger partial charge in [-0.1, -0.05) is 36.4 Å². The lowest BCUT2D eigenvalue weighted by atomic mass is 10.1.